The number of pyridine rings is 1. The Balaban J connectivity index is 2.48. The van der Waals surface area contributed by atoms with Gasteiger partial charge in [-0.15, -0.1) is 0 Å². The van der Waals surface area contributed by atoms with Crippen LogP contribution in [0.4, 0.5) is 5.82 Å². The molecular weight excluding hydrogens is 172 g/mol. The first-order chi connectivity index (χ1) is 6.27. The second kappa shape index (κ2) is 2.85. The fourth-order valence-corrected chi connectivity index (χ4v) is 1.01. The molecule has 0 amide bonds. The van der Waals surface area contributed by atoms with E-state index in [2.05, 4.69) is 9.98 Å². The van der Waals surface area contributed by atoms with Gasteiger partial charge in [0.15, 0.2) is 17.3 Å². The van der Waals surface area contributed by atoms with Crippen LogP contribution in [0.2, 0.25) is 0 Å². The third-order valence-corrected chi connectivity index (χ3v) is 1.59. The van der Waals surface area contributed by atoms with E-state index in [4.69, 9.17) is 9.84 Å². The highest BCUT2D eigenvalue weighted by Gasteiger charge is 2.12. The molecule has 0 spiro atoms. The Labute approximate surface area is 73.7 Å². The van der Waals surface area contributed by atoms with E-state index in [0.29, 0.717) is 18.2 Å². The molecule has 0 saturated carbocycles. The maximum atomic E-state index is 10.5. The van der Waals surface area contributed by atoms with Crippen LogP contribution in [0.15, 0.2) is 17.1 Å². The monoisotopic (exact) mass is 178 g/mol. The third-order valence-electron chi connectivity index (χ3n) is 1.59. The standard InChI is InChI=1S/C8H6N2O3/c11-8(12)5-1-2-6-7(10-5)9-3-4-13-6/h1-3H,4H2,(H,11,12). The van der Waals surface area contributed by atoms with Crippen molar-refractivity contribution in [3.8, 4) is 5.75 Å². The van der Waals surface area contributed by atoms with Crippen molar-refractivity contribution in [1.82, 2.24) is 4.98 Å². The van der Waals surface area contributed by atoms with Gasteiger partial charge in [0, 0.05) is 6.21 Å². The average molecular weight is 178 g/mol. The molecule has 1 aliphatic rings. The molecule has 0 fully saturated rings. The molecule has 13 heavy (non-hydrogen) atoms. The number of carboxylic acids is 1. The van der Waals surface area contributed by atoms with Gasteiger partial charge in [0.2, 0.25) is 0 Å². The van der Waals surface area contributed by atoms with E-state index < -0.39 is 5.97 Å². The summed E-state index contributed by atoms with van der Waals surface area (Å²) in [4.78, 5) is 18.2. The minimum absolute atomic E-state index is 0.0265. The quantitative estimate of drug-likeness (QED) is 0.692. The van der Waals surface area contributed by atoms with Gasteiger partial charge in [0.1, 0.15) is 6.61 Å². The fraction of sp³-hybridized carbons (Fsp3) is 0.125. The molecule has 2 rings (SSSR count). The molecular formula is C8H6N2O3. The van der Waals surface area contributed by atoms with E-state index in [-0.39, 0.29) is 5.69 Å². The van der Waals surface area contributed by atoms with E-state index in [1.54, 1.807) is 12.3 Å². The molecule has 1 aliphatic heterocycles. The zero-order chi connectivity index (χ0) is 9.26. The molecule has 5 heteroatoms. The maximum absolute atomic E-state index is 10.5. The van der Waals surface area contributed by atoms with Crippen LogP contribution in [0.3, 0.4) is 0 Å². The zero-order valence-electron chi connectivity index (χ0n) is 6.60. The number of nitrogens with zero attached hydrogens (tertiary/aromatic N) is 2. The number of aromatic nitrogens is 1. The summed E-state index contributed by atoms with van der Waals surface area (Å²) >= 11 is 0. The number of hydrogen-bond acceptors (Lipinski definition) is 4. The first kappa shape index (κ1) is 7.72. The Hall–Kier alpha value is -1.91. The minimum Gasteiger partial charge on any atom is -0.484 e. The van der Waals surface area contributed by atoms with E-state index in [1.807, 2.05) is 0 Å². The highest BCUT2D eigenvalue weighted by Crippen LogP contribution is 2.26. The van der Waals surface area contributed by atoms with E-state index >= 15 is 0 Å². The second-order valence-corrected chi connectivity index (χ2v) is 2.45. The van der Waals surface area contributed by atoms with Crippen molar-refractivity contribution >= 4 is 18.0 Å². The zero-order valence-corrected chi connectivity index (χ0v) is 6.60. The Morgan fingerprint density at radius 2 is 2.38 bits per heavy atom. The normalized spacial score (nSPS) is 13.2. The molecule has 0 aliphatic carbocycles. The molecule has 1 aromatic heterocycles. The number of fused-ring (bicyclic) bond motifs is 1. The van der Waals surface area contributed by atoms with Crippen molar-refractivity contribution in [2.24, 2.45) is 4.99 Å². The van der Waals surface area contributed by atoms with Crippen molar-refractivity contribution in [3.63, 3.8) is 0 Å². The molecule has 66 valence electrons. The lowest BCUT2D eigenvalue weighted by Gasteiger charge is -2.09. The van der Waals surface area contributed by atoms with Crippen molar-refractivity contribution in [2.45, 2.75) is 0 Å². The highest BCUT2D eigenvalue weighted by molar-refractivity contribution is 5.86. The summed E-state index contributed by atoms with van der Waals surface area (Å²) in [6, 6.07) is 2.95. The van der Waals surface area contributed by atoms with Crippen molar-refractivity contribution < 1.29 is 14.6 Å². The number of aliphatic imine (C=N–C) groups is 1. The van der Waals surface area contributed by atoms with E-state index in [9.17, 15) is 4.79 Å². The predicted molar refractivity (Wildman–Crippen MR) is 44.8 cm³/mol. The van der Waals surface area contributed by atoms with Crippen LogP contribution in [-0.4, -0.2) is 28.9 Å². The molecule has 0 saturated heterocycles. The fourth-order valence-electron chi connectivity index (χ4n) is 1.01. The Kier molecular flexibility index (Phi) is 1.70. The summed E-state index contributed by atoms with van der Waals surface area (Å²) in [6.07, 6.45) is 1.54. The number of hydrogen-bond donors (Lipinski definition) is 1. The van der Waals surface area contributed by atoms with Crippen LogP contribution in [0.5, 0.6) is 5.75 Å². The predicted octanol–water partition coefficient (Wildman–Crippen LogP) is 0.874. The van der Waals surface area contributed by atoms with E-state index in [0.717, 1.165) is 0 Å². The number of aromatic carboxylic acids is 1. The summed E-state index contributed by atoms with van der Waals surface area (Å²) in [5, 5.41) is 8.63. The van der Waals surface area contributed by atoms with Crippen LogP contribution in [0, 0.1) is 0 Å². The van der Waals surface area contributed by atoms with Crippen LogP contribution in [-0.2, 0) is 0 Å². The van der Waals surface area contributed by atoms with Crippen molar-refractivity contribution in [3.05, 3.63) is 17.8 Å². The van der Waals surface area contributed by atoms with Crippen LogP contribution >= 0.6 is 0 Å². The molecule has 1 aromatic rings. The first-order valence-corrected chi connectivity index (χ1v) is 3.67. The summed E-state index contributed by atoms with van der Waals surface area (Å²) in [6.45, 7) is 0.404. The van der Waals surface area contributed by atoms with Gasteiger partial charge in [0.05, 0.1) is 0 Å². The van der Waals surface area contributed by atoms with Gasteiger partial charge in [-0.05, 0) is 12.1 Å². The first-order valence-electron chi connectivity index (χ1n) is 3.67. The second-order valence-electron chi connectivity index (χ2n) is 2.45. The van der Waals surface area contributed by atoms with Crippen molar-refractivity contribution in [2.75, 3.05) is 6.61 Å². The molecule has 0 atom stereocenters. The van der Waals surface area contributed by atoms with Gasteiger partial charge in [-0.2, -0.15) is 0 Å². The van der Waals surface area contributed by atoms with Gasteiger partial charge in [0.25, 0.3) is 0 Å². The number of carbonyl (C=O) groups is 1. The maximum Gasteiger partial charge on any atom is 0.354 e. The minimum atomic E-state index is -1.07. The van der Waals surface area contributed by atoms with Gasteiger partial charge in [-0.3, -0.25) is 0 Å². The van der Waals surface area contributed by atoms with Gasteiger partial charge in [-0.25, -0.2) is 14.8 Å². The summed E-state index contributed by atoms with van der Waals surface area (Å²) < 4.78 is 5.15. The smallest absolute Gasteiger partial charge is 0.354 e. The molecule has 1 N–H and O–H groups in total. The molecule has 0 bridgehead atoms. The lowest BCUT2D eigenvalue weighted by Crippen LogP contribution is -2.06. The molecule has 2 heterocycles. The Bertz CT molecular complexity index is 387. The van der Waals surface area contributed by atoms with E-state index in [1.165, 1.54) is 6.07 Å². The van der Waals surface area contributed by atoms with Gasteiger partial charge < -0.3 is 9.84 Å². The van der Waals surface area contributed by atoms with Crippen molar-refractivity contribution in [1.29, 1.82) is 0 Å². The van der Waals surface area contributed by atoms with Crippen LogP contribution < -0.4 is 4.74 Å². The Morgan fingerprint density at radius 3 is 3.15 bits per heavy atom. The number of rotatable bonds is 1. The Morgan fingerprint density at radius 1 is 1.54 bits per heavy atom. The lowest BCUT2D eigenvalue weighted by atomic mass is 10.3. The largest absolute Gasteiger partial charge is 0.484 e. The summed E-state index contributed by atoms with van der Waals surface area (Å²) in [5.41, 5.74) is -0.0265. The lowest BCUT2D eigenvalue weighted by molar-refractivity contribution is 0.0690. The van der Waals surface area contributed by atoms with Gasteiger partial charge >= 0.3 is 5.97 Å². The average Bonchev–Trinajstić information content (AvgIpc) is 2.17. The molecule has 5 nitrogen and oxygen atoms in total. The molecule has 0 aromatic carbocycles. The summed E-state index contributed by atoms with van der Waals surface area (Å²) in [7, 11) is 0. The SMILES string of the molecule is O=C(O)c1ccc2c(n1)N=CCO2. The molecule has 0 radical (unpaired) electrons. The topological polar surface area (TPSA) is 71.8 Å². The van der Waals surface area contributed by atoms with Crippen LogP contribution in [0.1, 0.15) is 10.5 Å². The van der Waals surface area contributed by atoms with Gasteiger partial charge in [-0.1, -0.05) is 0 Å². The van der Waals surface area contributed by atoms with Crippen LogP contribution in [0.25, 0.3) is 0 Å². The third kappa shape index (κ3) is 1.35. The summed E-state index contributed by atoms with van der Waals surface area (Å²) in [5.74, 6) is -0.220. The number of carboxylic acid groups (broad SMARTS) is 1. The number of ether oxygens (including phenoxy) is 1. The molecule has 0 unspecified atom stereocenters. The highest BCUT2D eigenvalue weighted by atomic mass is 16.5.